The maximum Gasteiger partial charge on any atom is 0.255 e. The van der Waals surface area contributed by atoms with Crippen molar-refractivity contribution in [2.24, 2.45) is 5.41 Å². The predicted molar refractivity (Wildman–Crippen MR) is 111 cm³/mol. The summed E-state index contributed by atoms with van der Waals surface area (Å²) in [5, 5.41) is 20.9. The molecule has 0 radical (unpaired) electrons. The quantitative estimate of drug-likeness (QED) is 0.644. The van der Waals surface area contributed by atoms with Gasteiger partial charge in [-0.05, 0) is 31.4 Å². The van der Waals surface area contributed by atoms with Gasteiger partial charge in [-0.2, -0.15) is 0 Å². The normalized spacial score (nSPS) is 22.7. The van der Waals surface area contributed by atoms with Gasteiger partial charge >= 0.3 is 0 Å². The van der Waals surface area contributed by atoms with Gasteiger partial charge in [-0.1, -0.05) is 11.3 Å². The Morgan fingerprint density at radius 3 is 2.78 bits per heavy atom. The van der Waals surface area contributed by atoms with Crippen LogP contribution in [0.1, 0.15) is 47.3 Å². The van der Waals surface area contributed by atoms with Crippen LogP contribution in [0.25, 0.3) is 5.69 Å². The smallest absolute Gasteiger partial charge is 0.255 e. The molecular formula is C22H25N5O5. The summed E-state index contributed by atoms with van der Waals surface area (Å²) in [5.74, 6) is -0.965. The minimum atomic E-state index is -0.662. The lowest BCUT2D eigenvalue weighted by molar-refractivity contribution is -0.136. The van der Waals surface area contributed by atoms with Crippen LogP contribution in [0.3, 0.4) is 0 Å². The zero-order chi connectivity index (χ0) is 22.3. The summed E-state index contributed by atoms with van der Waals surface area (Å²) in [5.41, 5.74) is 2.55. The lowest BCUT2D eigenvalue weighted by atomic mass is 9.77. The second kappa shape index (κ2) is 8.10. The van der Waals surface area contributed by atoms with Gasteiger partial charge in [-0.3, -0.25) is 19.7 Å². The molecule has 10 heteroatoms. The van der Waals surface area contributed by atoms with E-state index in [-0.39, 0.29) is 36.8 Å². The first-order valence-corrected chi connectivity index (χ1v) is 10.9. The van der Waals surface area contributed by atoms with Gasteiger partial charge < -0.3 is 14.7 Å². The highest BCUT2D eigenvalue weighted by Gasteiger charge is 2.40. The van der Waals surface area contributed by atoms with Gasteiger partial charge in [0.15, 0.2) is 0 Å². The van der Waals surface area contributed by atoms with Crippen LogP contribution in [0.2, 0.25) is 0 Å². The first-order chi connectivity index (χ1) is 15.5. The Balaban J connectivity index is 1.39. The molecule has 4 heterocycles. The van der Waals surface area contributed by atoms with Gasteiger partial charge in [0.1, 0.15) is 6.04 Å². The molecule has 0 bridgehead atoms. The Labute approximate surface area is 184 Å². The van der Waals surface area contributed by atoms with Crippen molar-refractivity contribution >= 4 is 17.7 Å². The molecule has 0 aliphatic carbocycles. The zero-order valence-corrected chi connectivity index (χ0v) is 17.6. The molecule has 10 nitrogen and oxygen atoms in total. The van der Waals surface area contributed by atoms with Crippen molar-refractivity contribution in [3.8, 4) is 5.69 Å². The predicted octanol–water partition coefficient (Wildman–Crippen LogP) is 0.360. The van der Waals surface area contributed by atoms with Crippen molar-refractivity contribution in [3.05, 3.63) is 41.2 Å². The van der Waals surface area contributed by atoms with Crippen molar-refractivity contribution in [1.82, 2.24) is 25.2 Å². The summed E-state index contributed by atoms with van der Waals surface area (Å²) in [6.45, 7) is 1.58. The number of carbonyl (C=O) groups is 3. The Morgan fingerprint density at radius 1 is 1.22 bits per heavy atom. The van der Waals surface area contributed by atoms with Crippen molar-refractivity contribution in [2.75, 3.05) is 19.8 Å². The minimum absolute atomic E-state index is 0.0688. The second-order valence-corrected chi connectivity index (χ2v) is 8.80. The molecular weight excluding hydrogens is 414 g/mol. The van der Waals surface area contributed by atoms with Crippen molar-refractivity contribution in [3.63, 3.8) is 0 Å². The van der Waals surface area contributed by atoms with E-state index < -0.39 is 11.9 Å². The van der Waals surface area contributed by atoms with Crippen LogP contribution < -0.4 is 5.32 Å². The van der Waals surface area contributed by atoms with Crippen LogP contribution in [-0.4, -0.2) is 68.6 Å². The molecule has 2 N–H and O–H groups in total. The molecule has 5 rings (SSSR count). The Morgan fingerprint density at radius 2 is 2.03 bits per heavy atom. The highest BCUT2D eigenvalue weighted by atomic mass is 16.5. The van der Waals surface area contributed by atoms with E-state index in [1.165, 1.54) is 4.90 Å². The van der Waals surface area contributed by atoms with E-state index in [4.69, 9.17) is 4.74 Å². The van der Waals surface area contributed by atoms with Crippen LogP contribution >= 0.6 is 0 Å². The summed E-state index contributed by atoms with van der Waals surface area (Å²) in [6.07, 6.45) is 4.51. The first kappa shape index (κ1) is 20.8. The SMILES string of the molecule is O=C1CCC(N2Cc3c(cccc3-n3cc(CC4(CO)CCOCC4)nn3)C2=O)C(=O)N1. The topological polar surface area (TPSA) is 127 Å². The third kappa shape index (κ3) is 3.59. The molecule has 3 aliphatic rings. The third-order valence-electron chi connectivity index (χ3n) is 6.79. The fraction of sp³-hybridized carbons (Fsp3) is 0.500. The molecule has 1 unspecified atom stereocenters. The van der Waals surface area contributed by atoms with Gasteiger partial charge in [0.05, 0.1) is 17.6 Å². The number of aliphatic hydroxyl groups excluding tert-OH is 1. The molecule has 2 aromatic rings. The second-order valence-electron chi connectivity index (χ2n) is 8.80. The number of imide groups is 1. The van der Waals surface area contributed by atoms with E-state index in [0.29, 0.717) is 31.6 Å². The summed E-state index contributed by atoms with van der Waals surface area (Å²) < 4.78 is 7.09. The molecule has 2 saturated heterocycles. The third-order valence-corrected chi connectivity index (χ3v) is 6.79. The highest BCUT2D eigenvalue weighted by molar-refractivity contribution is 6.05. The lowest BCUT2D eigenvalue weighted by Gasteiger charge is -2.34. The molecule has 2 fully saturated rings. The van der Waals surface area contributed by atoms with Gasteiger partial charge in [0.25, 0.3) is 5.91 Å². The molecule has 0 spiro atoms. The summed E-state index contributed by atoms with van der Waals surface area (Å²) >= 11 is 0. The van der Waals surface area contributed by atoms with Crippen LogP contribution in [0, 0.1) is 5.41 Å². The van der Waals surface area contributed by atoms with E-state index >= 15 is 0 Å². The number of carbonyl (C=O) groups excluding carboxylic acids is 3. The van der Waals surface area contributed by atoms with Gasteiger partial charge in [-0.25, -0.2) is 4.68 Å². The first-order valence-electron chi connectivity index (χ1n) is 10.9. The number of fused-ring (bicyclic) bond motifs is 1. The molecule has 3 aliphatic heterocycles. The van der Waals surface area contributed by atoms with Gasteiger partial charge in [-0.15, -0.1) is 5.10 Å². The highest BCUT2D eigenvalue weighted by Crippen LogP contribution is 2.34. The van der Waals surface area contributed by atoms with E-state index in [1.54, 1.807) is 16.8 Å². The Bertz CT molecular complexity index is 1070. The number of amides is 3. The number of benzene rings is 1. The lowest BCUT2D eigenvalue weighted by Crippen LogP contribution is -2.52. The fourth-order valence-corrected chi connectivity index (χ4v) is 4.86. The monoisotopic (exact) mass is 439 g/mol. The van der Waals surface area contributed by atoms with E-state index in [1.807, 2.05) is 12.3 Å². The standard InChI is InChI=1S/C22H25N5O5/c28-13-22(6-8-32-9-7-22)10-14-11-27(25-24-14)17-3-1-2-15-16(17)12-26(21(15)31)18-4-5-19(29)23-20(18)30/h1-3,11,18,28H,4-10,12-13H2,(H,23,29,30). The van der Waals surface area contributed by atoms with E-state index in [0.717, 1.165) is 29.8 Å². The molecule has 1 aromatic carbocycles. The number of piperidine rings is 1. The van der Waals surface area contributed by atoms with Crippen LogP contribution in [0.4, 0.5) is 0 Å². The van der Waals surface area contributed by atoms with E-state index in [9.17, 15) is 19.5 Å². The minimum Gasteiger partial charge on any atom is -0.396 e. The number of hydrogen-bond donors (Lipinski definition) is 2. The van der Waals surface area contributed by atoms with Gasteiger partial charge in [0.2, 0.25) is 11.8 Å². The molecule has 1 atom stereocenters. The summed E-state index contributed by atoms with van der Waals surface area (Å²) in [6, 6.07) is 4.74. The number of aliphatic hydroxyl groups is 1. The average Bonchev–Trinajstić information content (AvgIpc) is 3.39. The molecule has 168 valence electrons. The molecule has 1 aromatic heterocycles. The number of ether oxygens (including phenoxy) is 1. The van der Waals surface area contributed by atoms with Crippen molar-refractivity contribution in [2.45, 2.75) is 44.7 Å². The number of hydrogen-bond acceptors (Lipinski definition) is 7. The number of nitrogens with one attached hydrogen (secondary N) is 1. The van der Waals surface area contributed by atoms with Crippen LogP contribution in [0.15, 0.2) is 24.4 Å². The molecule has 3 amide bonds. The number of nitrogens with zero attached hydrogens (tertiary/aromatic N) is 4. The number of rotatable bonds is 5. The van der Waals surface area contributed by atoms with Crippen LogP contribution in [-0.2, 0) is 27.3 Å². The van der Waals surface area contributed by atoms with Gasteiger partial charge in [0, 0.05) is 55.7 Å². The molecule has 32 heavy (non-hydrogen) atoms. The summed E-state index contributed by atoms with van der Waals surface area (Å²) in [7, 11) is 0. The average molecular weight is 439 g/mol. The number of aromatic nitrogens is 3. The largest absolute Gasteiger partial charge is 0.396 e. The van der Waals surface area contributed by atoms with E-state index in [2.05, 4.69) is 15.6 Å². The fourth-order valence-electron chi connectivity index (χ4n) is 4.86. The van der Waals surface area contributed by atoms with Crippen LogP contribution in [0.5, 0.6) is 0 Å². The maximum absolute atomic E-state index is 13.0. The Hall–Kier alpha value is -3.11. The van der Waals surface area contributed by atoms with Crippen molar-refractivity contribution < 1.29 is 24.2 Å². The summed E-state index contributed by atoms with van der Waals surface area (Å²) in [4.78, 5) is 38.4. The molecule has 0 saturated carbocycles. The maximum atomic E-state index is 13.0. The zero-order valence-electron chi connectivity index (χ0n) is 17.6. The van der Waals surface area contributed by atoms with Crippen molar-refractivity contribution in [1.29, 1.82) is 0 Å². The Kier molecular flexibility index (Phi) is 5.26.